The number of pyridine rings is 1. The highest BCUT2D eigenvalue weighted by Crippen LogP contribution is 2.31. The Morgan fingerprint density at radius 3 is 2.65 bits per heavy atom. The lowest BCUT2D eigenvalue weighted by Crippen LogP contribution is -2.45. The van der Waals surface area contributed by atoms with Crippen LogP contribution in [0.5, 0.6) is 0 Å². The monoisotopic (exact) mass is 391 g/mol. The predicted octanol–water partition coefficient (Wildman–Crippen LogP) is 3.07. The fraction of sp³-hybridized carbons (Fsp3) is 0.600. The van der Waals surface area contributed by atoms with E-state index >= 15 is 0 Å². The maximum atomic E-state index is 14.0. The van der Waals surface area contributed by atoms with Gasteiger partial charge in [0.2, 0.25) is 5.91 Å². The summed E-state index contributed by atoms with van der Waals surface area (Å²) < 4.78 is 40.9. The van der Waals surface area contributed by atoms with Crippen molar-refractivity contribution in [2.45, 2.75) is 25.2 Å². The third kappa shape index (κ3) is 3.62. The summed E-state index contributed by atoms with van der Waals surface area (Å²) in [7, 11) is 0. The molecule has 4 nitrogen and oxygen atoms in total. The molecule has 0 spiro atoms. The van der Waals surface area contributed by atoms with Gasteiger partial charge < -0.3 is 9.80 Å². The van der Waals surface area contributed by atoms with Crippen molar-refractivity contribution in [2.24, 2.45) is 5.92 Å². The molecule has 1 aromatic heterocycles. The Labute approximate surface area is 140 Å². The zero-order valence-corrected chi connectivity index (χ0v) is 14.0. The maximum Gasteiger partial charge on any atom is 0.251 e. The topological polar surface area (TPSA) is 36.4 Å². The Kier molecular flexibility index (Phi) is 4.53. The van der Waals surface area contributed by atoms with E-state index < -0.39 is 11.7 Å². The number of amides is 1. The van der Waals surface area contributed by atoms with Crippen LogP contribution in [0.4, 0.5) is 19.0 Å². The number of carbonyl (C=O) groups is 1. The highest BCUT2D eigenvalue weighted by Gasteiger charge is 2.39. The number of carbonyl (C=O) groups excluding carboxylic acids is 1. The molecule has 3 heterocycles. The van der Waals surface area contributed by atoms with Gasteiger partial charge in [0, 0.05) is 49.7 Å². The average Bonchev–Trinajstić information content (AvgIpc) is 2.96. The van der Waals surface area contributed by atoms with Crippen LogP contribution in [0.3, 0.4) is 0 Å². The first-order valence-electron chi connectivity index (χ1n) is 7.58. The summed E-state index contributed by atoms with van der Waals surface area (Å²) in [5.41, 5.74) is 0. The smallest absolute Gasteiger partial charge is 0.251 e. The normalized spacial score (nSPS) is 24.1. The number of rotatable bonds is 2. The molecule has 1 aromatic rings. The maximum absolute atomic E-state index is 14.0. The lowest BCUT2D eigenvalue weighted by atomic mass is 10.0. The number of hydrogen-bond donors (Lipinski definition) is 0. The van der Waals surface area contributed by atoms with Crippen LogP contribution in [0.2, 0.25) is 0 Å². The summed E-state index contributed by atoms with van der Waals surface area (Å²) in [5, 5.41) is 0. The van der Waals surface area contributed by atoms with E-state index in [4.69, 9.17) is 0 Å². The molecule has 0 aliphatic carbocycles. The van der Waals surface area contributed by atoms with Crippen molar-refractivity contribution in [3.63, 3.8) is 0 Å². The standard InChI is InChI=1S/C15H17BrF3N3O/c16-11-7-12(17)13(20-8-11)22-4-1-10(9-22)14(23)21-5-2-15(18,19)3-6-21/h7-8,10H,1-6,9H2. The molecule has 0 saturated carbocycles. The summed E-state index contributed by atoms with van der Waals surface area (Å²) in [5.74, 6) is -3.27. The Morgan fingerprint density at radius 2 is 2.00 bits per heavy atom. The summed E-state index contributed by atoms with van der Waals surface area (Å²) in [6, 6.07) is 1.34. The van der Waals surface area contributed by atoms with Gasteiger partial charge in [-0.05, 0) is 28.4 Å². The number of hydrogen-bond acceptors (Lipinski definition) is 3. The number of nitrogens with zero attached hydrogens (tertiary/aromatic N) is 3. The summed E-state index contributed by atoms with van der Waals surface area (Å²) in [6.07, 6.45) is 1.54. The number of piperidine rings is 1. The second kappa shape index (κ2) is 6.30. The van der Waals surface area contributed by atoms with Gasteiger partial charge in [-0.25, -0.2) is 18.2 Å². The van der Waals surface area contributed by atoms with E-state index in [2.05, 4.69) is 20.9 Å². The first-order chi connectivity index (χ1) is 10.9. The largest absolute Gasteiger partial charge is 0.353 e. The Hall–Kier alpha value is -1.31. The minimum Gasteiger partial charge on any atom is -0.353 e. The van der Waals surface area contributed by atoms with E-state index in [1.165, 1.54) is 17.2 Å². The van der Waals surface area contributed by atoms with Crippen LogP contribution in [0.15, 0.2) is 16.7 Å². The second-order valence-corrected chi connectivity index (χ2v) is 6.99. The van der Waals surface area contributed by atoms with Crippen LogP contribution in [0.25, 0.3) is 0 Å². The fourth-order valence-corrected chi connectivity index (χ4v) is 3.41. The van der Waals surface area contributed by atoms with Crippen molar-refractivity contribution >= 4 is 27.7 Å². The van der Waals surface area contributed by atoms with Crippen LogP contribution in [0, 0.1) is 11.7 Å². The van der Waals surface area contributed by atoms with Gasteiger partial charge in [-0.2, -0.15) is 0 Å². The van der Waals surface area contributed by atoms with Crippen LogP contribution in [-0.4, -0.2) is 47.9 Å². The molecule has 2 aliphatic rings. The SMILES string of the molecule is O=C(C1CCN(c2ncc(Br)cc2F)C1)N1CCC(F)(F)CC1. The van der Waals surface area contributed by atoms with Crippen molar-refractivity contribution in [3.8, 4) is 0 Å². The lowest BCUT2D eigenvalue weighted by Gasteiger charge is -2.33. The second-order valence-electron chi connectivity index (χ2n) is 6.07. The molecule has 8 heteroatoms. The number of likely N-dealkylation sites (tertiary alicyclic amines) is 1. The molecule has 1 amide bonds. The van der Waals surface area contributed by atoms with Crippen molar-refractivity contribution in [1.29, 1.82) is 0 Å². The summed E-state index contributed by atoms with van der Waals surface area (Å²) in [6.45, 7) is 1.09. The van der Waals surface area contributed by atoms with E-state index in [1.807, 2.05) is 0 Å². The molecule has 1 atom stereocenters. The fourth-order valence-electron chi connectivity index (χ4n) is 3.11. The number of aromatic nitrogens is 1. The van der Waals surface area contributed by atoms with Crippen LogP contribution in [-0.2, 0) is 4.79 Å². The number of halogens is 4. The molecular weight excluding hydrogens is 375 g/mol. The van der Waals surface area contributed by atoms with Crippen molar-refractivity contribution in [2.75, 3.05) is 31.1 Å². The molecule has 2 aliphatic heterocycles. The van der Waals surface area contributed by atoms with Gasteiger partial charge in [0.05, 0.1) is 5.92 Å². The van der Waals surface area contributed by atoms with E-state index in [0.717, 1.165) is 0 Å². The molecule has 23 heavy (non-hydrogen) atoms. The van der Waals surface area contributed by atoms with Gasteiger partial charge in [0.15, 0.2) is 11.6 Å². The van der Waals surface area contributed by atoms with E-state index in [-0.39, 0.29) is 43.6 Å². The van der Waals surface area contributed by atoms with Crippen molar-refractivity contribution in [3.05, 3.63) is 22.6 Å². The summed E-state index contributed by atoms with van der Waals surface area (Å²) in [4.78, 5) is 19.8. The van der Waals surface area contributed by atoms with Gasteiger partial charge >= 0.3 is 0 Å². The third-order valence-electron chi connectivity index (χ3n) is 4.43. The Morgan fingerprint density at radius 1 is 1.30 bits per heavy atom. The molecule has 2 saturated heterocycles. The average molecular weight is 392 g/mol. The Bertz CT molecular complexity index is 604. The van der Waals surface area contributed by atoms with Crippen molar-refractivity contribution in [1.82, 2.24) is 9.88 Å². The van der Waals surface area contributed by atoms with E-state index in [0.29, 0.717) is 24.0 Å². The van der Waals surface area contributed by atoms with Crippen LogP contribution < -0.4 is 4.90 Å². The molecule has 0 bridgehead atoms. The van der Waals surface area contributed by atoms with Gasteiger partial charge in [-0.3, -0.25) is 4.79 Å². The quantitative estimate of drug-likeness (QED) is 0.777. The van der Waals surface area contributed by atoms with Gasteiger partial charge in [-0.1, -0.05) is 0 Å². The lowest BCUT2D eigenvalue weighted by molar-refractivity contribution is -0.140. The van der Waals surface area contributed by atoms with Gasteiger partial charge in [0.1, 0.15) is 0 Å². The van der Waals surface area contributed by atoms with E-state index in [1.54, 1.807) is 4.90 Å². The molecule has 126 valence electrons. The first-order valence-corrected chi connectivity index (χ1v) is 8.38. The zero-order valence-electron chi connectivity index (χ0n) is 12.4. The predicted molar refractivity (Wildman–Crippen MR) is 83.0 cm³/mol. The highest BCUT2D eigenvalue weighted by atomic mass is 79.9. The van der Waals surface area contributed by atoms with E-state index in [9.17, 15) is 18.0 Å². The molecule has 3 rings (SSSR count). The number of alkyl halides is 2. The van der Waals surface area contributed by atoms with Crippen molar-refractivity contribution < 1.29 is 18.0 Å². The minimum absolute atomic E-state index is 0.0905. The molecule has 0 N–H and O–H groups in total. The minimum atomic E-state index is -2.66. The third-order valence-corrected chi connectivity index (χ3v) is 4.87. The number of anilines is 1. The summed E-state index contributed by atoms with van der Waals surface area (Å²) >= 11 is 3.16. The molecule has 1 unspecified atom stereocenters. The highest BCUT2D eigenvalue weighted by molar-refractivity contribution is 9.10. The van der Waals surface area contributed by atoms with Crippen LogP contribution in [0.1, 0.15) is 19.3 Å². The van der Waals surface area contributed by atoms with Gasteiger partial charge in [0.25, 0.3) is 5.92 Å². The Balaban J connectivity index is 1.62. The molecular formula is C15H17BrF3N3O. The zero-order chi connectivity index (χ0) is 16.6. The first kappa shape index (κ1) is 16.5. The molecule has 2 fully saturated rings. The molecule has 0 radical (unpaired) electrons. The molecule has 0 aromatic carbocycles. The van der Waals surface area contributed by atoms with Gasteiger partial charge in [-0.15, -0.1) is 0 Å². The van der Waals surface area contributed by atoms with Crippen LogP contribution >= 0.6 is 15.9 Å².